The number of hydrogen-bond acceptors (Lipinski definition) is 3. The summed E-state index contributed by atoms with van der Waals surface area (Å²) in [5, 5.41) is 8.42. The topological polar surface area (TPSA) is 63.6 Å². The molecule has 94 valence electrons. The number of aliphatic carboxylic acids is 1. The summed E-state index contributed by atoms with van der Waals surface area (Å²) in [6.07, 6.45) is 7.39. The van der Waals surface area contributed by atoms with Crippen LogP contribution in [0.5, 0.6) is 0 Å². The number of hydrogen-bond donors (Lipinski definition) is 1. The number of ether oxygens (including phenoxy) is 1. The van der Waals surface area contributed by atoms with Gasteiger partial charge in [-0.05, 0) is 26.2 Å². The minimum Gasteiger partial charge on any atom is -0.481 e. The fourth-order valence-electron chi connectivity index (χ4n) is 1.58. The summed E-state index contributed by atoms with van der Waals surface area (Å²) in [6, 6.07) is 0. The Bertz CT molecular complexity index is 191. The Morgan fingerprint density at radius 3 is 2.31 bits per heavy atom. The van der Waals surface area contributed by atoms with Crippen molar-refractivity contribution in [3.8, 4) is 0 Å². The van der Waals surface area contributed by atoms with Gasteiger partial charge in [-0.3, -0.25) is 9.59 Å². The summed E-state index contributed by atoms with van der Waals surface area (Å²) in [5.74, 6) is -0.708. The zero-order valence-electron chi connectivity index (χ0n) is 9.98. The molecule has 1 N–H and O–H groups in total. The molecule has 16 heavy (non-hydrogen) atoms. The standard InChI is InChI=1S/C12H22O4/c1-11(16-10-13)8-6-4-2-3-5-7-9-12(14)15/h10-11H,2-9H2,1H3,(H,14,15). The van der Waals surface area contributed by atoms with Crippen LogP contribution in [-0.4, -0.2) is 23.7 Å². The Hall–Kier alpha value is -1.06. The molecular weight excluding hydrogens is 208 g/mol. The lowest BCUT2D eigenvalue weighted by Crippen LogP contribution is -2.05. The molecule has 0 aliphatic heterocycles. The van der Waals surface area contributed by atoms with Crippen molar-refractivity contribution in [1.82, 2.24) is 0 Å². The highest BCUT2D eigenvalue weighted by molar-refractivity contribution is 5.66. The molecule has 0 aliphatic carbocycles. The second-order valence-corrected chi connectivity index (χ2v) is 4.10. The number of carboxylic acid groups (broad SMARTS) is 1. The predicted octanol–water partition coefficient (Wildman–Crippen LogP) is 2.75. The first-order valence-corrected chi connectivity index (χ1v) is 5.97. The highest BCUT2D eigenvalue weighted by Crippen LogP contribution is 2.10. The van der Waals surface area contributed by atoms with Gasteiger partial charge in [0.2, 0.25) is 0 Å². The van der Waals surface area contributed by atoms with Crippen LogP contribution in [0.3, 0.4) is 0 Å². The third-order valence-corrected chi connectivity index (χ3v) is 2.54. The van der Waals surface area contributed by atoms with E-state index in [4.69, 9.17) is 9.84 Å². The molecule has 4 heteroatoms. The molecule has 0 fully saturated rings. The summed E-state index contributed by atoms with van der Waals surface area (Å²) in [4.78, 5) is 20.2. The van der Waals surface area contributed by atoms with Crippen LogP contribution in [0.1, 0.15) is 58.3 Å². The SMILES string of the molecule is CC(CCCCCCCCC(=O)O)OC=O. The monoisotopic (exact) mass is 230 g/mol. The first kappa shape index (κ1) is 14.9. The molecule has 0 saturated heterocycles. The van der Waals surface area contributed by atoms with Crippen LogP contribution in [-0.2, 0) is 14.3 Å². The van der Waals surface area contributed by atoms with E-state index in [0.717, 1.165) is 44.9 Å². The Labute approximate surface area is 97.0 Å². The molecule has 0 radical (unpaired) electrons. The number of unbranched alkanes of at least 4 members (excludes halogenated alkanes) is 5. The lowest BCUT2D eigenvalue weighted by atomic mass is 10.1. The Kier molecular flexibility index (Phi) is 9.76. The van der Waals surface area contributed by atoms with E-state index in [9.17, 15) is 9.59 Å². The highest BCUT2D eigenvalue weighted by atomic mass is 16.5. The number of rotatable bonds is 11. The van der Waals surface area contributed by atoms with Gasteiger partial charge in [-0.25, -0.2) is 0 Å². The second kappa shape index (κ2) is 10.5. The van der Waals surface area contributed by atoms with Crippen molar-refractivity contribution in [2.24, 2.45) is 0 Å². The van der Waals surface area contributed by atoms with E-state index in [1.165, 1.54) is 0 Å². The van der Waals surface area contributed by atoms with Gasteiger partial charge in [0.1, 0.15) is 0 Å². The smallest absolute Gasteiger partial charge is 0.303 e. The van der Waals surface area contributed by atoms with Crippen LogP contribution in [0.2, 0.25) is 0 Å². The third kappa shape index (κ3) is 11.0. The Balaban J connectivity index is 3.09. The van der Waals surface area contributed by atoms with Crippen LogP contribution >= 0.6 is 0 Å². The Morgan fingerprint density at radius 2 is 1.75 bits per heavy atom. The van der Waals surface area contributed by atoms with Crippen molar-refractivity contribution in [2.45, 2.75) is 64.4 Å². The largest absolute Gasteiger partial charge is 0.481 e. The van der Waals surface area contributed by atoms with Crippen molar-refractivity contribution in [3.05, 3.63) is 0 Å². The fourth-order valence-corrected chi connectivity index (χ4v) is 1.58. The van der Waals surface area contributed by atoms with Gasteiger partial charge in [0, 0.05) is 6.42 Å². The lowest BCUT2D eigenvalue weighted by Gasteiger charge is -2.08. The van der Waals surface area contributed by atoms with Crippen LogP contribution < -0.4 is 0 Å². The first-order valence-electron chi connectivity index (χ1n) is 5.97. The van der Waals surface area contributed by atoms with Crippen molar-refractivity contribution in [3.63, 3.8) is 0 Å². The van der Waals surface area contributed by atoms with Gasteiger partial charge < -0.3 is 9.84 Å². The van der Waals surface area contributed by atoms with Gasteiger partial charge in [-0.2, -0.15) is 0 Å². The molecule has 0 aromatic heterocycles. The molecule has 0 amide bonds. The van der Waals surface area contributed by atoms with E-state index < -0.39 is 5.97 Å². The average Bonchev–Trinajstić information content (AvgIpc) is 2.22. The van der Waals surface area contributed by atoms with E-state index in [0.29, 0.717) is 6.47 Å². The van der Waals surface area contributed by atoms with Gasteiger partial charge in [-0.1, -0.05) is 25.7 Å². The van der Waals surface area contributed by atoms with Crippen LogP contribution in [0.4, 0.5) is 0 Å². The van der Waals surface area contributed by atoms with Gasteiger partial charge in [0.15, 0.2) is 0 Å². The lowest BCUT2D eigenvalue weighted by molar-refractivity contribution is -0.137. The molecule has 0 aromatic carbocycles. The van der Waals surface area contributed by atoms with E-state index >= 15 is 0 Å². The maximum atomic E-state index is 10.2. The van der Waals surface area contributed by atoms with E-state index in [1.807, 2.05) is 6.92 Å². The molecule has 0 saturated carbocycles. The fraction of sp³-hybridized carbons (Fsp3) is 0.833. The molecular formula is C12H22O4. The summed E-state index contributed by atoms with van der Waals surface area (Å²) in [5.41, 5.74) is 0. The molecule has 0 aliphatic rings. The van der Waals surface area contributed by atoms with E-state index in [2.05, 4.69) is 0 Å². The zero-order chi connectivity index (χ0) is 12.2. The minimum atomic E-state index is -0.708. The summed E-state index contributed by atoms with van der Waals surface area (Å²) < 4.78 is 4.77. The van der Waals surface area contributed by atoms with Crippen LogP contribution in [0, 0.1) is 0 Å². The molecule has 0 rings (SSSR count). The molecule has 0 heterocycles. The van der Waals surface area contributed by atoms with Gasteiger partial charge in [-0.15, -0.1) is 0 Å². The quantitative estimate of drug-likeness (QED) is 0.438. The molecule has 0 aromatic rings. The number of carbonyl (C=O) groups excluding carboxylic acids is 1. The van der Waals surface area contributed by atoms with Crippen LogP contribution in [0.25, 0.3) is 0 Å². The molecule has 1 unspecified atom stereocenters. The van der Waals surface area contributed by atoms with Gasteiger partial charge >= 0.3 is 5.97 Å². The van der Waals surface area contributed by atoms with E-state index in [-0.39, 0.29) is 12.5 Å². The van der Waals surface area contributed by atoms with Crippen LogP contribution in [0.15, 0.2) is 0 Å². The summed E-state index contributed by atoms with van der Waals surface area (Å²) in [6.45, 7) is 2.39. The molecule has 0 bridgehead atoms. The minimum absolute atomic E-state index is 0.0181. The second-order valence-electron chi connectivity index (χ2n) is 4.10. The van der Waals surface area contributed by atoms with Crippen molar-refractivity contribution < 1.29 is 19.4 Å². The highest BCUT2D eigenvalue weighted by Gasteiger charge is 2.01. The summed E-state index contributed by atoms with van der Waals surface area (Å²) in [7, 11) is 0. The van der Waals surface area contributed by atoms with Gasteiger partial charge in [0.25, 0.3) is 6.47 Å². The van der Waals surface area contributed by atoms with Gasteiger partial charge in [0.05, 0.1) is 6.10 Å². The normalized spacial score (nSPS) is 12.1. The van der Waals surface area contributed by atoms with E-state index in [1.54, 1.807) is 0 Å². The number of carboxylic acids is 1. The molecule has 0 spiro atoms. The van der Waals surface area contributed by atoms with Crippen molar-refractivity contribution in [2.75, 3.05) is 0 Å². The van der Waals surface area contributed by atoms with Crippen molar-refractivity contribution in [1.29, 1.82) is 0 Å². The summed E-state index contributed by atoms with van der Waals surface area (Å²) >= 11 is 0. The van der Waals surface area contributed by atoms with Crippen molar-refractivity contribution >= 4 is 12.4 Å². The number of carbonyl (C=O) groups is 2. The maximum absolute atomic E-state index is 10.2. The predicted molar refractivity (Wildman–Crippen MR) is 61.2 cm³/mol. The maximum Gasteiger partial charge on any atom is 0.303 e. The third-order valence-electron chi connectivity index (χ3n) is 2.54. The average molecular weight is 230 g/mol. The Morgan fingerprint density at radius 1 is 1.19 bits per heavy atom. The molecule has 1 atom stereocenters. The zero-order valence-corrected chi connectivity index (χ0v) is 9.98. The first-order chi connectivity index (χ1) is 7.66. The molecule has 4 nitrogen and oxygen atoms in total.